The number of rotatable bonds is 50. The van der Waals surface area contributed by atoms with Crippen LogP contribution in [0.1, 0.15) is 296 Å². The van der Waals surface area contributed by atoms with E-state index >= 15 is 0 Å². The summed E-state index contributed by atoms with van der Waals surface area (Å²) in [6.07, 6.45) is 63.9. The lowest BCUT2D eigenvalue weighted by Crippen LogP contribution is -2.48. The molecule has 0 aromatic rings. The van der Waals surface area contributed by atoms with Crippen molar-refractivity contribution < 1.29 is 20.1 Å². The lowest BCUT2D eigenvalue weighted by molar-refractivity contribution is -0.131. The highest BCUT2D eigenvalue weighted by atomic mass is 16.3. The van der Waals surface area contributed by atoms with Gasteiger partial charge in [0.05, 0.1) is 18.8 Å². The number of unbranched alkanes of at least 4 members (excludes halogenated alkanes) is 40. The van der Waals surface area contributed by atoms with Gasteiger partial charge in [0, 0.05) is 0 Å². The molecule has 3 atom stereocenters. The second kappa shape index (κ2) is 50.5. The van der Waals surface area contributed by atoms with Crippen molar-refractivity contribution in [3.05, 3.63) is 24.3 Å². The smallest absolute Gasteiger partial charge is 0.249 e. The first-order chi connectivity index (χ1) is 29.6. The summed E-state index contributed by atoms with van der Waals surface area (Å²) in [5, 5.41) is 33.3. The maximum absolute atomic E-state index is 12.5. The van der Waals surface area contributed by atoms with Gasteiger partial charge in [-0.3, -0.25) is 4.79 Å². The van der Waals surface area contributed by atoms with Crippen molar-refractivity contribution in [2.45, 2.75) is 315 Å². The summed E-state index contributed by atoms with van der Waals surface area (Å²) in [7, 11) is 0. The average molecular weight is 846 g/mol. The molecule has 60 heavy (non-hydrogen) atoms. The third-order valence-electron chi connectivity index (χ3n) is 12.8. The van der Waals surface area contributed by atoms with E-state index in [2.05, 4.69) is 31.3 Å². The van der Waals surface area contributed by atoms with Crippen LogP contribution in [0.5, 0.6) is 0 Å². The first-order valence-electron chi connectivity index (χ1n) is 27.2. The predicted molar refractivity (Wildman–Crippen MR) is 264 cm³/mol. The van der Waals surface area contributed by atoms with Crippen molar-refractivity contribution in [1.29, 1.82) is 0 Å². The molecule has 4 N–H and O–H groups in total. The van der Waals surface area contributed by atoms with E-state index in [1.54, 1.807) is 6.08 Å². The van der Waals surface area contributed by atoms with Crippen LogP contribution in [0.4, 0.5) is 0 Å². The molecule has 0 aliphatic rings. The van der Waals surface area contributed by atoms with Gasteiger partial charge < -0.3 is 20.6 Å². The first kappa shape index (κ1) is 58.8. The molecule has 3 unspecified atom stereocenters. The van der Waals surface area contributed by atoms with E-state index in [0.717, 1.165) is 38.5 Å². The van der Waals surface area contributed by atoms with Gasteiger partial charge in [-0.2, -0.15) is 0 Å². The molecule has 0 bridgehead atoms. The lowest BCUT2D eigenvalue weighted by atomic mass is 10.0. The minimum Gasteiger partial charge on any atom is -0.394 e. The van der Waals surface area contributed by atoms with Crippen molar-refractivity contribution in [2.75, 3.05) is 6.61 Å². The number of amides is 1. The van der Waals surface area contributed by atoms with Crippen LogP contribution in [0.25, 0.3) is 0 Å². The second-order valence-electron chi connectivity index (χ2n) is 18.8. The first-order valence-corrected chi connectivity index (χ1v) is 27.2. The van der Waals surface area contributed by atoms with Crippen LogP contribution < -0.4 is 5.32 Å². The number of aliphatic hydroxyl groups excluding tert-OH is 3. The standard InChI is InChI=1S/C55H107NO4/c1-3-5-7-9-11-13-15-17-19-21-23-25-26-27-28-30-31-33-35-37-39-41-43-45-47-49-53(58)52(51-57)56-55(60)54(59)50-48-46-44-42-40-38-36-34-32-29-24-22-20-18-16-14-12-10-8-6-4-2/h39,41,47,49,52-54,57-59H,3-38,40,42-46,48,50-51H2,1-2H3,(H,56,60)/b41-39+,49-47+. The van der Waals surface area contributed by atoms with Crippen molar-refractivity contribution >= 4 is 5.91 Å². The number of nitrogens with one attached hydrogen (secondary N) is 1. The van der Waals surface area contributed by atoms with Gasteiger partial charge >= 0.3 is 0 Å². The van der Waals surface area contributed by atoms with Crippen LogP contribution in [0.3, 0.4) is 0 Å². The van der Waals surface area contributed by atoms with Gasteiger partial charge in [-0.25, -0.2) is 0 Å². The number of hydrogen-bond acceptors (Lipinski definition) is 4. The number of hydrogen-bond donors (Lipinski definition) is 4. The Hall–Kier alpha value is -1.17. The molecule has 0 heterocycles. The van der Waals surface area contributed by atoms with Gasteiger partial charge in [0.25, 0.3) is 0 Å². The summed E-state index contributed by atoms with van der Waals surface area (Å²) in [4.78, 5) is 12.5. The Morgan fingerprint density at radius 1 is 0.400 bits per heavy atom. The summed E-state index contributed by atoms with van der Waals surface area (Å²) in [5.74, 6) is -0.507. The van der Waals surface area contributed by atoms with Gasteiger partial charge in [-0.1, -0.05) is 289 Å². The SMILES string of the molecule is CCCCCCCCCCCCCCCCCCCCC/C=C/CC/C=C/C(O)C(CO)NC(=O)C(O)CCCCCCCCCCCCCCCCCCCCCCC. The van der Waals surface area contributed by atoms with Gasteiger partial charge in [-0.05, 0) is 32.1 Å². The fraction of sp³-hybridized carbons (Fsp3) is 0.909. The molecule has 5 nitrogen and oxygen atoms in total. The molecular weight excluding hydrogens is 739 g/mol. The number of aliphatic hydroxyl groups is 3. The molecule has 0 rings (SSSR count). The van der Waals surface area contributed by atoms with Crippen LogP contribution in [0.2, 0.25) is 0 Å². The maximum atomic E-state index is 12.5. The largest absolute Gasteiger partial charge is 0.394 e. The molecule has 0 spiro atoms. The van der Waals surface area contributed by atoms with Crippen molar-refractivity contribution in [3.63, 3.8) is 0 Å². The zero-order valence-corrected chi connectivity index (χ0v) is 40.6. The molecule has 5 heteroatoms. The molecule has 1 amide bonds. The number of carbonyl (C=O) groups is 1. The Morgan fingerprint density at radius 3 is 1.02 bits per heavy atom. The fourth-order valence-corrected chi connectivity index (χ4v) is 8.56. The molecule has 0 saturated heterocycles. The molecule has 0 aromatic carbocycles. The summed E-state index contributed by atoms with van der Waals surface area (Å²) in [6, 6.07) is -0.812. The number of allylic oxidation sites excluding steroid dienone is 3. The Kier molecular flexibility index (Phi) is 49.5. The third kappa shape index (κ3) is 44.9. The minimum atomic E-state index is -1.10. The van der Waals surface area contributed by atoms with Crippen molar-refractivity contribution in [3.8, 4) is 0 Å². The van der Waals surface area contributed by atoms with E-state index in [1.807, 2.05) is 6.08 Å². The highest BCUT2D eigenvalue weighted by Gasteiger charge is 2.22. The van der Waals surface area contributed by atoms with Gasteiger partial charge in [-0.15, -0.1) is 0 Å². The van der Waals surface area contributed by atoms with Gasteiger partial charge in [0.15, 0.2) is 0 Å². The predicted octanol–water partition coefficient (Wildman–Crippen LogP) is 16.5. The molecule has 0 aliphatic heterocycles. The molecule has 0 saturated carbocycles. The van der Waals surface area contributed by atoms with E-state index < -0.39 is 24.2 Å². The van der Waals surface area contributed by atoms with E-state index in [1.165, 1.54) is 238 Å². The minimum absolute atomic E-state index is 0.372. The van der Waals surface area contributed by atoms with Crippen LogP contribution >= 0.6 is 0 Å². The van der Waals surface area contributed by atoms with E-state index in [0.29, 0.717) is 6.42 Å². The zero-order valence-electron chi connectivity index (χ0n) is 40.6. The Balaban J connectivity index is 3.60. The molecule has 0 aliphatic carbocycles. The summed E-state index contributed by atoms with van der Waals surface area (Å²) in [5.41, 5.74) is 0. The van der Waals surface area contributed by atoms with E-state index in [9.17, 15) is 20.1 Å². The molecule has 356 valence electrons. The third-order valence-corrected chi connectivity index (χ3v) is 12.8. The topological polar surface area (TPSA) is 89.8 Å². The van der Waals surface area contributed by atoms with Crippen LogP contribution in [0.15, 0.2) is 24.3 Å². The van der Waals surface area contributed by atoms with E-state index in [4.69, 9.17) is 0 Å². The van der Waals surface area contributed by atoms with Gasteiger partial charge in [0.1, 0.15) is 6.10 Å². The zero-order chi connectivity index (χ0) is 43.7. The second-order valence-corrected chi connectivity index (χ2v) is 18.8. The van der Waals surface area contributed by atoms with Crippen LogP contribution in [-0.4, -0.2) is 46.1 Å². The summed E-state index contributed by atoms with van der Waals surface area (Å²) >= 11 is 0. The molecule has 0 fully saturated rings. The average Bonchev–Trinajstić information content (AvgIpc) is 3.25. The van der Waals surface area contributed by atoms with Crippen molar-refractivity contribution in [2.24, 2.45) is 0 Å². The molecule has 0 aromatic heterocycles. The van der Waals surface area contributed by atoms with Crippen LogP contribution in [-0.2, 0) is 4.79 Å². The van der Waals surface area contributed by atoms with Gasteiger partial charge in [0.2, 0.25) is 5.91 Å². The Morgan fingerprint density at radius 2 is 0.683 bits per heavy atom. The fourth-order valence-electron chi connectivity index (χ4n) is 8.56. The molecule has 0 radical (unpaired) electrons. The monoisotopic (exact) mass is 846 g/mol. The van der Waals surface area contributed by atoms with Crippen molar-refractivity contribution in [1.82, 2.24) is 5.32 Å². The number of carbonyl (C=O) groups excluding carboxylic acids is 1. The lowest BCUT2D eigenvalue weighted by Gasteiger charge is -2.21. The quantitative estimate of drug-likeness (QED) is 0.0363. The maximum Gasteiger partial charge on any atom is 0.249 e. The Labute approximate surface area is 375 Å². The highest BCUT2D eigenvalue weighted by Crippen LogP contribution is 2.17. The summed E-state index contributed by atoms with van der Waals surface area (Å²) in [6.45, 7) is 4.21. The normalized spacial score (nSPS) is 13.5. The van der Waals surface area contributed by atoms with E-state index in [-0.39, 0.29) is 6.61 Å². The Bertz CT molecular complexity index is 890. The van der Waals surface area contributed by atoms with Crippen LogP contribution in [0, 0.1) is 0 Å². The molecular formula is C55H107NO4. The summed E-state index contributed by atoms with van der Waals surface area (Å²) < 4.78 is 0. The highest BCUT2D eigenvalue weighted by molar-refractivity contribution is 5.80.